The second kappa shape index (κ2) is 6.28. The average molecular weight is 450 g/mol. The summed E-state index contributed by atoms with van der Waals surface area (Å²) in [4.78, 5) is 0.847. The van der Waals surface area contributed by atoms with Crippen molar-refractivity contribution in [1.29, 1.82) is 0 Å². The van der Waals surface area contributed by atoms with Crippen molar-refractivity contribution < 1.29 is 4.55 Å². The Morgan fingerprint density at radius 3 is 2.62 bits per heavy atom. The second-order valence-electron chi connectivity index (χ2n) is 6.20. The molecule has 0 saturated carbocycles. The highest BCUT2D eigenvalue weighted by Gasteiger charge is 2.35. The summed E-state index contributed by atoms with van der Waals surface area (Å²) in [5.41, 5.74) is 2.45. The Morgan fingerprint density at radius 2 is 1.88 bits per heavy atom. The number of aryl methyl sites for hydroxylation is 1. The van der Waals surface area contributed by atoms with Crippen LogP contribution in [0.2, 0.25) is 0 Å². The molecule has 1 aliphatic rings. The number of nitrogens with zero attached hydrogens (tertiary/aromatic N) is 2. The average Bonchev–Trinajstić information content (AvgIpc) is 2.89. The zero-order valence-electron chi connectivity index (χ0n) is 13.5. The molecule has 0 radical (unpaired) electrons. The molecule has 2 heterocycles. The SMILES string of the molecule is Cn1c2c(c3ccccc31)[C@H](CCI)C[S+]([O-])(c1ccccc1)=N2. The topological polar surface area (TPSA) is 40.3 Å². The lowest BCUT2D eigenvalue weighted by atomic mass is 9.97. The van der Waals surface area contributed by atoms with Gasteiger partial charge in [0.1, 0.15) is 10.6 Å². The number of rotatable bonds is 3. The minimum Gasteiger partial charge on any atom is -0.626 e. The fourth-order valence-electron chi connectivity index (χ4n) is 3.60. The van der Waals surface area contributed by atoms with Gasteiger partial charge in [0.15, 0.2) is 5.82 Å². The van der Waals surface area contributed by atoms with Crippen molar-refractivity contribution in [2.45, 2.75) is 17.2 Å². The molecule has 124 valence electrons. The summed E-state index contributed by atoms with van der Waals surface area (Å²) in [7, 11) is -0.393. The molecule has 3 aromatic rings. The van der Waals surface area contributed by atoms with Crippen LogP contribution >= 0.6 is 22.6 Å². The van der Waals surface area contributed by atoms with Crippen LogP contribution in [0.15, 0.2) is 63.9 Å². The maximum absolute atomic E-state index is 13.7. The summed E-state index contributed by atoms with van der Waals surface area (Å²) in [6, 6.07) is 18.2. The number of hydrogen-bond donors (Lipinski definition) is 0. The van der Waals surface area contributed by atoms with Crippen LogP contribution < -0.4 is 0 Å². The summed E-state index contributed by atoms with van der Waals surface area (Å²) in [5, 5.41) is 1.25. The van der Waals surface area contributed by atoms with Gasteiger partial charge >= 0.3 is 0 Å². The Labute approximate surface area is 157 Å². The van der Waals surface area contributed by atoms with Gasteiger partial charge in [-0.05, 0) is 34.7 Å². The zero-order valence-corrected chi connectivity index (χ0v) is 16.5. The van der Waals surface area contributed by atoms with Gasteiger partial charge in [0.25, 0.3) is 0 Å². The van der Waals surface area contributed by atoms with Gasteiger partial charge in [-0.25, -0.2) is 0 Å². The van der Waals surface area contributed by atoms with Gasteiger partial charge in [-0.15, -0.1) is 0 Å². The number of hydrogen-bond acceptors (Lipinski definition) is 2. The van der Waals surface area contributed by atoms with E-state index in [2.05, 4.69) is 51.4 Å². The van der Waals surface area contributed by atoms with E-state index in [1.54, 1.807) is 0 Å². The maximum atomic E-state index is 13.7. The molecule has 0 bridgehead atoms. The molecule has 1 unspecified atom stereocenters. The normalized spacial score (nSPS) is 23.0. The highest BCUT2D eigenvalue weighted by Crippen LogP contribution is 2.46. The third-order valence-corrected chi connectivity index (χ3v) is 7.71. The Kier molecular flexibility index (Phi) is 4.26. The first-order chi connectivity index (χ1) is 11.6. The van der Waals surface area contributed by atoms with Gasteiger partial charge in [-0.2, -0.15) is 0 Å². The monoisotopic (exact) mass is 450 g/mol. The molecule has 1 aliphatic heterocycles. The molecule has 2 atom stereocenters. The molecule has 0 spiro atoms. The third-order valence-electron chi connectivity index (χ3n) is 4.75. The quantitative estimate of drug-likeness (QED) is 0.305. The first-order valence-electron chi connectivity index (χ1n) is 8.07. The lowest BCUT2D eigenvalue weighted by molar-refractivity contribution is 0.570. The molecule has 0 amide bonds. The fourth-order valence-corrected chi connectivity index (χ4v) is 6.68. The van der Waals surface area contributed by atoms with E-state index in [1.807, 2.05) is 37.4 Å². The van der Waals surface area contributed by atoms with Crippen molar-refractivity contribution in [1.82, 2.24) is 4.57 Å². The van der Waals surface area contributed by atoms with E-state index < -0.39 is 10.1 Å². The highest BCUT2D eigenvalue weighted by molar-refractivity contribution is 14.1. The lowest BCUT2D eigenvalue weighted by Crippen LogP contribution is -2.25. The van der Waals surface area contributed by atoms with Crippen LogP contribution in [0, 0.1) is 0 Å². The van der Waals surface area contributed by atoms with Crippen LogP contribution in [-0.2, 0) is 17.2 Å². The summed E-state index contributed by atoms with van der Waals surface area (Å²) >= 11 is 2.42. The van der Waals surface area contributed by atoms with Crippen LogP contribution in [0.4, 0.5) is 5.82 Å². The smallest absolute Gasteiger partial charge is 0.183 e. The van der Waals surface area contributed by atoms with Gasteiger partial charge < -0.3 is 9.12 Å². The molecule has 0 saturated heterocycles. The predicted molar refractivity (Wildman–Crippen MR) is 109 cm³/mol. The van der Waals surface area contributed by atoms with E-state index in [4.69, 9.17) is 4.36 Å². The predicted octanol–water partition coefficient (Wildman–Crippen LogP) is 5.26. The Bertz CT molecular complexity index is 949. The van der Waals surface area contributed by atoms with E-state index in [-0.39, 0.29) is 5.92 Å². The Balaban J connectivity index is 2.01. The number of alkyl halides is 1. The molecular weight excluding hydrogens is 431 g/mol. The molecule has 24 heavy (non-hydrogen) atoms. The lowest BCUT2D eigenvalue weighted by Gasteiger charge is -2.30. The van der Waals surface area contributed by atoms with Crippen molar-refractivity contribution in [2.24, 2.45) is 11.4 Å². The number of para-hydroxylation sites is 1. The standard InChI is InChI=1S/C19H19IN2OS/c1-22-17-10-6-5-9-16(17)18-14(11-12-20)13-24(23,21-19(18)22)15-7-3-2-4-8-15/h2-10,14H,11-13H2,1H3/t14-,24?/m1/s1. The fraction of sp³-hybridized carbons (Fsp3) is 0.263. The van der Waals surface area contributed by atoms with Gasteiger partial charge in [0.05, 0.1) is 0 Å². The minimum absolute atomic E-state index is 0.285. The number of benzene rings is 2. The van der Waals surface area contributed by atoms with Crippen molar-refractivity contribution in [3.05, 3.63) is 60.2 Å². The number of aromatic nitrogens is 1. The minimum atomic E-state index is -2.42. The third kappa shape index (κ3) is 2.53. The molecule has 2 aromatic carbocycles. The Morgan fingerprint density at radius 1 is 1.17 bits per heavy atom. The van der Waals surface area contributed by atoms with Crippen LogP contribution in [0.5, 0.6) is 0 Å². The zero-order chi connectivity index (χ0) is 16.7. The highest BCUT2D eigenvalue weighted by atomic mass is 127. The molecular formula is C19H19IN2OS. The van der Waals surface area contributed by atoms with E-state index in [0.29, 0.717) is 5.75 Å². The Hall–Kier alpha value is -1.18. The van der Waals surface area contributed by atoms with E-state index >= 15 is 0 Å². The van der Waals surface area contributed by atoms with Gasteiger partial charge in [-0.1, -0.05) is 63.4 Å². The largest absolute Gasteiger partial charge is 0.626 e. The maximum Gasteiger partial charge on any atom is 0.183 e. The van der Waals surface area contributed by atoms with Crippen molar-refractivity contribution in [3.8, 4) is 0 Å². The van der Waals surface area contributed by atoms with E-state index in [1.165, 1.54) is 16.5 Å². The van der Waals surface area contributed by atoms with Gasteiger partial charge in [0.2, 0.25) is 0 Å². The molecule has 0 fully saturated rings. The van der Waals surface area contributed by atoms with Crippen molar-refractivity contribution in [3.63, 3.8) is 0 Å². The summed E-state index contributed by atoms with van der Waals surface area (Å²) in [5.74, 6) is 1.79. The van der Waals surface area contributed by atoms with Gasteiger partial charge in [0, 0.05) is 33.9 Å². The first kappa shape index (κ1) is 16.3. The van der Waals surface area contributed by atoms with E-state index in [0.717, 1.165) is 21.6 Å². The molecule has 0 aliphatic carbocycles. The summed E-state index contributed by atoms with van der Waals surface area (Å²) in [6.45, 7) is 0. The van der Waals surface area contributed by atoms with Crippen LogP contribution in [0.3, 0.4) is 0 Å². The van der Waals surface area contributed by atoms with Gasteiger partial charge in [-0.3, -0.25) is 0 Å². The molecule has 0 N–H and O–H groups in total. The van der Waals surface area contributed by atoms with Crippen LogP contribution in [0.1, 0.15) is 17.9 Å². The summed E-state index contributed by atoms with van der Waals surface area (Å²) in [6.07, 6.45) is 1.03. The van der Waals surface area contributed by atoms with Crippen LogP contribution in [-0.4, -0.2) is 19.3 Å². The van der Waals surface area contributed by atoms with Crippen molar-refractivity contribution in [2.75, 3.05) is 10.2 Å². The number of halogens is 1. The molecule has 4 rings (SSSR count). The summed E-state index contributed by atoms with van der Waals surface area (Å²) < 4.78 is 21.7. The second-order valence-corrected chi connectivity index (χ2v) is 9.55. The van der Waals surface area contributed by atoms with Crippen molar-refractivity contribution >= 4 is 49.4 Å². The molecule has 5 heteroatoms. The van der Waals surface area contributed by atoms with Crippen LogP contribution in [0.25, 0.3) is 10.9 Å². The van der Waals surface area contributed by atoms with E-state index in [9.17, 15) is 4.55 Å². The molecule has 3 nitrogen and oxygen atoms in total. The molecule has 1 aromatic heterocycles. The first-order valence-corrected chi connectivity index (χ1v) is 11.3. The number of fused-ring (bicyclic) bond motifs is 3.